The fourth-order valence-electron chi connectivity index (χ4n) is 3.21. The second-order valence-corrected chi connectivity index (χ2v) is 7.25. The average molecular weight is 332 g/mol. The standard InChI is InChI=1S/C17H24N4OS/c1-12-9-13(2)21(20-12)17-19-15(11-23-17)7-8-18-16(22)10-14-5-3-4-6-14/h9,11,14H,3-8,10H2,1-2H3,(H,18,22). The first-order chi connectivity index (χ1) is 11.1. The van der Waals surface area contributed by atoms with Crippen LogP contribution in [0, 0.1) is 19.8 Å². The maximum absolute atomic E-state index is 11.9. The third-order valence-corrected chi connectivity index (χ3v) is 5.25. The molecule has 1 N–H and O–H groups in total. The number of rotatable bonds is 6. The summed E-state index contributed by atoms with van der Waals surface area (Å²) in [6.07, 6.45) is 6.45. The predicted octanol–water partition coefficient (Wildman–Crippen LogP) is 3.18. The number of carbonyl (C=O) groups excluding carboxylic acids is 1. The SMILES string of the molecule is Cc1cc(C)n(-c2nc(CCNC(=O)CC3CCCC3)cs2)n1. The second kappa shape index (κ2) is 7.25. The molecule has 0 bridgehead atoms. The number of nitrogens with zero attached hydrogens (tertiary/aromatic N) is 3. The third kappa shape index (κ3) is 4.19. The van der Waals surface area contributed by atoms with Crippen molar-refractivity contribution in [1.82, 2.24) is 20.1 Å². The molecule has 124 valence electrons. The van der Waals surface area contributed by atoms with Gasteiger partial charge in [-0.15, -0.1) is 11.3 Å². The minimum atomic E-state index is 0.186. The molecular weight excluding hydrogens is 308 g/mol. The summed E-state index contributed by atoms with van der Waals surface area (Å²) in [6, 6.07) is 2.05. The molecule has 0 spiro atoms. The zero-order valence-electron chi connectivity index (χ0n) is 13.8. The summed E-state index contributed by atoms with van der Waals surface area (Å²) in [5, 5.41) is 10.4. The molecular formula is C17H24N4OS. The maximum atomic E-state index is 11.9. The van der Waals surface area contributed by atoms with Crippen molar-refractivity contribution in [3.05, 3.63) is 28.5 Å². The summed E-state index contributed by atoms with van der Waals surface area (Å²) in [5.41, 5.74) is 3.10. The molecule has 1 amide bonds. The summed E-state index contributed by atoms with van der Waals surface area (Å²) < 4.78 is 1.88. The fraction of sp³-hybridized carbons (Fsp3) is 0.588. The van der Waals surface area contributed by atoms with Crippen molar-refractivity contribution in [3.63, 3.8) is 0 Å². The fourth-order valence-corrected chi connectivity index (χ4v) is 4.08. The summed E-state index contributed by atoms with van der Waals surface area (Å²) in [7, 11) is 0. The Kier molecular flexibility index (Phi) is 5.10. The van der Waals surface area contributed by atoms with E-state index in [0.29, 0.717) is 18.9 Å². The van der Waals surface area contributed by atoms with Crippen LogP contribution in [0.5, 0.6) is 0 Å². The van der Waals surface area contributed by atoms with E-state index in [9.17, 15) is 4.79 Å². The molecule has 1 aliphatic rings. The zero-order valence-corrected chi connectivity index (χ0v) is 14.7. The van der Waals surface area contributed by atoms with Crippen LogP contribution in [0.4, 0.5) is 0 Å². The molecule has 3 rings (SSSR count). The minimum Gasteiger partial charge on any atom is -0.356 e. The Labute approximate surface area is 141 Å². The second-order valence-electron chi connectivity index (χ2n) is 6.41. The van der Waals surface area contributed by atoms with E-state index < -0.39 is 0 Å². The van der Waals surface area contributed by atoms with Gasteiger partial charge in [-0.25, -0.2) is 9.67 Å². The zero-order chi connectivity index (χ0) is 16.2. The van der Waals surface area contributed by atoms with Gasteiger partial charge in [0.05, 0.1) is 11.4 Å². The Balaban J connectivity index is 1.47. The van der Waals surface area contributed by atoms with E-state index in [0.717, 1.165) is 28.6 Å². The van der Waals surface area contributed by atoms with E-state index in [-0.39, 0.29) is 5.91 Å². The Morgan fingerprint density at radius 2 is 2.17 bits per heavy atom. The lowest BCUT2D eigenvalue weighted by Crippen LogP contribution is -2.27. The number of hydrogen-bond donors (Lipinski definition) is 1. The number of aromatic nitrogens is 3. The monoisotopic (exact) mass is 332 g/mol. The van der Waals surface area contributed by atoms with Gasteiger partial charge in [-0.1, -0.05) is 12.8 Å². The molecule has 0 saturated heterocycles. The van der Waals surface area contributed by atoms with E-state index in [1.54, 1.807) is 11.3 Å². The number of amides is 1. The lowest BCUT2D eigenvalue weighted by atomic mass is 10.0. The third-order valence-electron chi connectivity index (χ3n) is 4.38. The van der Waals surface area contributed by atoms with Gasteiger partial charge >= 0.3 is 0 Å². The first kappa shape index (κ1) is 16.2. The van der Waals surface area contributed by atoms with Crippen LogP contribution >= 0.6 is 11.3 Å². The van der Waals surface area contributed by atoms with E-state index in [1.807, 2.05) is 24.6 Å². The van der Waals surface area contributed by atoms with Gasteiger partial charge in [-0.2, -0.15) is 5.10 Å². The maximum Gasteiger partial charge on any atom is 0.220 e. The lowest BCUT2D eigenvalue weighted by Gasteiger charge is -2.08. The number of carbonyl (C=O) groups is 1. The molecule has 0 radical (unpaired) electrons. The summed E-state index contributed by atoms with van der Waals surface area (Å²) in [5.74, 6) is 0.790. The molecule has 0 unspecified atom stereocenters. The molecule has 5 nitrogen and oxygen atoms in total. The highest BCUT2D eigenvalue weighted by atomic mass is 32.1. The van der Waals surface area contributed by atoms with Crippen molar-refractivity contribution in [2.75, 3.05) is 6.54 Å². The van der Waals surface area contributed by atoms with Crippen LogP contribution in [0.15, 0.2) is 11.4 Å². The quantitative estimate of drug-likeness (QED) is 0.884. The molecule has 23 heavy (non-hydrogen) atoms. The smallest absolute Gasteiger partial charge is 0.220 e. The highest BCUT2D eigenvalue weighted by Gasteiger charge is 2.18. The first-order valence-electron chi connectivity index (χ1n) is 8.36. The molecule has 0 aromatic carbocycles. The van der Waals surface area contributed by atoms with Crippen LogP contribution in [0.3, 0.4) is 0 Å². The van der Waals surface area contributed by atoms with E-state index >= 15 is 0 Å². The highest BCUT2D eigenvalue weighted by Crippen LogP contribution is 2.27. The van der Waals surface area contributed by atoms with Crippen molar-refractivity contribution < 1.29 is 4.79 Å². The van der Waals surface area contributed by atoms with Crippen molar-refractivity contribution in [1.29, 1.82) is 0 Å². The minimum absolute atomic E-state index is 0.186. The van der Waals surface area contributed by atoms with Gasteiger partial charge in [0.1, 0.15) is 0 Å². The van der Waals surface area contributed by atoms with Gasteiger partial charge in [-0.3, -0.25) is 4.79 Å². The summed E-state index contributed by atoms with van der Waals surface area (Å²) in [6.45, 7) is 4.67. The van der Waals surface area contributed by atoms with Gasteiger partial charge in [0.2, 0.25) is 11.0 Å². The van der Waals surface area contributed by atoms with Crippen LogP contribution in [-0.4, -0.2) is 27.2 Å². The topological polar surface area (TPSA) is 59.8 Å². The molecule has 2 heterocycles. The van der Waals surface area contributed by atoms with Gasteiger partial charge in [0.15, 0.2) is 0 Å². The largest absolute Gasteiger partial charge is 0.356 e. The predicted molar refractivity (Wildman–Crippen MR) is 92.0 cm³/mol. The molecule has 1 fully saturated rings. The summed E-state index contributed by atoms with van der Waals surface area (Å²) in [4.78, 5) is 16.5. The van der Waals surface area contributed by atoms with Crippen molar-refractivity contribution in [2.45, 2.75) is 52.4 Å². The van der Waals surface area contributed by atoms with Crippen LogP contribution in [0.25, 0.3) is 5.13 Å². The lowest BCUT2D eigenvalue weighted by molar-refractivity contribution is -0.121. The average Bonchev–Trinajstić information content (AvgIpc) is 3.21. The normalized spacial score (nSPS) is 15.2. The van der Waals surface area contributed by atoms with Gasteiger partial charge in [0, 0.05) is 30.5 Å². The van der Waals surface area contributed by atoms with Gasteiger partial charge in [-0.05, 0) is 38.7 Å². The van der Waals surface area contributed by atoms with E-state index in [2.05, 4.69) is 20.8 Å². The van der Waals surface area contributed by atoms with Crippen molar-refractivity contribution in [3.8, 4) is 5.13 Å². The molecule has 1 aliphatic carbocycles. The Hall–Kier alpha value is -1.69. The summed E-state index contributed by atoms with van der Waals surface area (Å²) >= 11 is 1.59. The molecule has 0 aliphatic heterocycles. The van der Waals surface area contributed by atoms with Crippen LogP contribution < -0.4 is 5.32 Å². The van der Waals surface area contributed by atoms with E-state index in [1.165, 1.54) is 25.7 Å². The van der Waals surface area contributed by atoms with Crippen LogP contribution in [-0.2, 0) is 11.2 Å². The molecule has 2 aromatic heterocycles. The van der Waals surface area contributed by atoms with Gasteiger partial charge in [0.25, 0.3) is 0 Å². The Morgan fingerprint density at radius 3 is 2.87 bits per heavy atom. The number of thiazole rings is 1. The van der Waals surface area contributed by atoms with Crippen molar-refractivity contribution >= 4 is 17.2 Å². The molecule has 0 atom stereocenters. The Bertz CT molecular complexity index is 670. The highest BCUT2D eigenvalue weighted by molar-refractivity contribution is 7.12. The van der Waals surface area contributed by atoms with Crippen molar-refractivity contribution in [2.24, 2.45) is 5.92 Å². The molecule has 1 saturated carbocycles. The first-order valence-corrected chi connectivity index (χ1v) is 9.24. The molecule has 2 aromatic rings. The number of nitrogens with one attached hydrogen (secondary N) is 1. The van der Waals surface area contributed by atoms with Crippen LogP contribution in [0.1, 0.15) is 49.2 Å². The van der Waals surface area contributed by atoms with Gasteiger partial charge < -0.3 is 5.32 Å². The number of hydrogen-bond acceptors (Lipinski definition) is 4. The van der Waals surface area contributed by atoms with Crippen LogP contribution in [0.2, 0.25) is 0 Å². The molecule has 6 heteroatoms. The number of aryl methyl sites for hydroxylation is 2. The Morgan fingerprint density at radius 1 is 1.39 bits per heavy atom. The van der Waals surface area contributed by atoms with E-state index in [4.69, 9.17) is 0 Å².